The lowest BCUT2D eigenvalue weighted by Crippen LogP contribution is -2.40. The predicted octanol–water partition coefficient (Wildman–Crippen LogP) is 4.27. The van der Waals surface area contributed by atoms with Crippen LogP contribution in [0.4, 0.5) is 0 Å². The average Bonchev–Trinajstić information content (AvgIpc) is 3.32. The highest BCUT2D eigenvalue weighted by Gasteiger charge is 2.35. The highest BCUT2D eigenvalue weighted by atomic mass is 32.1. The number of hydrogen-bond acceptors (Lipinski definition) is 9. The van der Waals surface area contributed by atoms with Crippen LogP contribution in [-0.4, -0.2) is 36.8 Å². The number of rotatable bonds is 9. The zero-order valence-electron chi connectivity index (χ0n) is 24.2. The van der Waals surface area contributed by atoms with Crippen molar-refractivity contribution in [3.8, 4) is 17.2 Å². The maximum absolute atomic E-state index is 14.1. The number of benzene rings is 3. The minimum atomic E-state index is -0.826. The third-order valence-electron chi connectivity index (χ3n) is 6.60. The molecule has 1 atom stereocenters. The molecule has 0 bridgehead atoms. The number of carbonyl (C=O) groups is 2. The van der Waals surface area contributed by atoms with Crippen molar-refractivity contribution in [1.82, 2.24) is 4.57 Å². The van der Waals surface area contributed by atoms with Gasteiger partial charge in [-0.25, -0.2) is 9.79 Å². The fraction of sp³-hybridized carbons (Fsp3) is 0.212. The number of fused-ring (bicyclic) bond motifs is 1. The summed E-state index contributed by atoms with van der Waals surface area (Å²) in [5, 5.41) is 0. The molecule has 5 rings (SSSR count). The molecular weight excluding hydrogens is 568 g/mol. The van der Waals surface area contributed by atoms with Gasteiger partial charge in [-0.3, -0.25) is 14.2 Å². The molecule has 3 aromatic carbocycles. The van der Waals surface area contributed by atoms with Crippen molar-refractivity contribution in [1.29, 1.82) is 0 Å². The van der Waals surface area contributed by atoms with Gasteiger partial charge in [0.05, 0.1) is 42.2 Å². The molecule has 4 aromatic rings. The summed E-state index contributed by atoms with van der Waals surface area (Å²) in [6.45, 7) is 5.40. The number of nitrogens with zero attached hydrogens (tertiary/aromatic N) is 2. The predicted molar refractivity (Wildman–Crippen MR) is 163 cm³/mol. The van der Waals surface area contributed by atoms with Crippen molar-refractivity contribution in [2.24, 2.45) is 4.99 Å². The second kappa shape index (κ2) is 12.9. The first kappa shape index (κ1) is 29.5. The fourth-order valence-corrected chi connectivity index (χ4v) is 5.84. The van der Waals surface area contributed by atoms with E-state index in [1.807, 2.05) is 49.4 Å². The van der Waals surface area contributed by atoms with Gasteiger partial charge in [0.25, 0.3) is 5.56 Å². The third-order valence-corrected chi connectivity index (χ3v) is 7.59. The smallest absolute Gasteiger partial charge is 0.338 e. The Balaban J connectivity index is 1.77. The summed E-state index contributed by atoms with van der Waals surface area (Å²) < 4.78 is 23.9. The van der Waals surface area contributed by atoms with Crippen LogP contribution in [0.2, 0.25) is 0 Å². The van der Waals surface area contributed by atoms with Crippen molar-refractivity contribution in [2.45, 2.75) is 26.8 Å². The van der Waals surface area contributed by atoms with Gasteiger partial charge in [-0.15, -0.1) is 0 Å². The molecule has 1 aliphatic rings. The van der Waals surface area contributed by atoms with Gasteiger partial charge in [0, 0.05) is 12.5 Å². The van der Waals surface area contributed by atoms with Crippen molar-refractivity contribution in [3.63, 3.8) is 0 Å². The summed E-state index contributed by atoms with van der Waals surface area (Å²) in [6.07, 6.45) is 1.72. The summed E-state index contributed by atoms with van der Waals surface area (Å²) >= 11 is 1.21. The highest BCUT2D eigenvalue weighted by Crippen LogP contribution is 2.36. The van der Waals surface area contributed by atoms with Crippen molar-refractivity contribution in [3.05, 3.63) is 115 Å². The summed E-state index contributed by atoms with van der Waals surface area (Å²) in [5.74, 6) is 0.222. The zero-order valence-corrected chi connectivity index (χ0v) is 25.0. The molecular formula is C33H30N2O7S. The standard InChI is InChI=1S/C33H30N2O7S/c1-5-40-26-17-21(15-16-25(26)42-20(3)36)18-27-31(37)35-30(23-13-10-14-24(19-23)39-4)28(32(38)41-6-2)29(34-33(35)43-27)22-11-8-7-9-12-22/h7-19,30H,5-6H2,1-4H3/b27-18-/t30-/m0/s1. The molecule has 1 aromatic heterocycles. The van der Waals surface area contributed by atoms with Gasteiger partial charge in [0.1, 0.15) is 5.75 Å². The Kier molecular flexibility index (Phi) is 8.87. The van der Waals surface area contributed by atoms with Gasteiger partial charge >= 0.3 is 11.9 Å². The van der Waals surface area contributed by atoms with Crippen LogP contribution in [0.15, 0.2) is 88.2 Å². The lowest BCUT2D eigenvalue weighted by Gasteiger charge is -2.26. The van der Waals surface area contributed by atoms with E-state index in [4.69, 9.17) is 23.9 Å². The molecule has 9 nitrogen and oxygen atoms in total. The molecule has 2 heterocycles. The Bertz CT molecular complexity index is 1890. The molecule has 0 unspecified atom stereocenters. The second-order valence-electron chi connectivity index (χ2n) is 9.44. The Morgan fingerprint density at radius 3 is 2.47 bits per heavy atom. The van der Waals surface area contributed by atoms with Crippen molar-refractivity contribution >= 4 is 35.0 Å². The summed E-state index contributed by atoms with van der Waals surface area (Å²) in [4.78, 5) is 44.6. The number of methoxy groups -OCH3 is 1. The molecule has 0 radical (unpaired) electrons. The van der Waals surface area contributed by atoms with Crippen LogP contribution in [0.3, 0.4) is 0 Å². The van der Waals surface area contributed by atoms with Gasteiger partial charge in [-0.05, 0) is 55.3 Å². The van der Waals surface area contributed by atoms with Gasteiger partial charge < -0.3 is 18.9 Å². The molecule has 1 aliphatic heterocycles. The molecule has 0 saturated heterocycles. The van der Waals surface area contributed by atoms with E-state index in [-0.39, 0.29) is 23.5 Å². The molecule has 0 fully saturated rings. The number of esters is 2. The summed E-state index contributed by atoms with van der Waals surface area (Å²) in [5.41, 5.74) is 2.41. The van der Waals surface area contributed by atoms with Gasteiger partial charge in [0.15, 0.2) is 16.3 Å². The van der Waals surface area contributed by atoms with E-state index < -0.39 is 18.0 Å². The quantitative estimate of drug-likeness (QED) is 0.209. The van der Waals surface area contributed by atoms with E-state index in [1.165, 1.54) is 22.8 Å². The highest BCUT2D eigenvalue weighted by molar-refractivity contribution is 7.07. The second-order valence-corrected chi connectivity index (χ2v) is 10.5. The zero-order chi connectivity index (χ0) is 30.5. The monoisotopic (exact) mass is 598 g/mol. The number of thiazole rings is 1. The van der Waals surface area contributed by atoms with Crippen LogP contribution < -0.4 is 29.1 Å². The first-order valence-electron chi connectivity index (χ1n) is 13.7. The van der Waals surface area contributed by atoms with E-state index in [9.17, 15) is 14.4 Å². The minimum absolute atomic E-state index is 0.158. The number of hydrogen-bond donors (Lipinski definition) is 0. The Morgan fingerprint density at radius 2 is 1.77 bits per heavy atom. The van der Waals surface area contributed by atoms with Crippen LogP contribution in [0, 0.1) is 0 Å². The Morgan fingerprint density at radius 1 is 0.977 bits per heavy atom. The minimum Gasteiger partial charge on any atom is -0.497 e. The van der Waals surface area contributed by atoms with Crippen LogP contribution >= 0.6 is 11.3 Å². The van der Waals surface area contributed by atoms with E-state index in [0.717, 1.165) is 5.56 Å². The first-order chi connectivity index (χ1) is 20.8. The molecule has 10 heteroatoms. The lowest BCUT2D eigenvalue weighted by atomic mass is 9.93. The number of aromatic nitrogens is 1. The molecule has 43 heavy (non-hydrogen) atoms. The Labute approximate surface area is 252 Å². The summed E-state index contributed by atoms with van der Waals surface area (Å²) in [7, 11) is 1.56. The molecule has 0 spiro atoms. The largest absolute Gasteiger partial charge is 0.497 e. The van der Waals surface area contributed by atoms with Gasteiger partial charge in [-0.1, -0.05) is 59.9 Å². The maximum Gasteiger partial charge on any atom is 0.338 e. The number of carbonyl (C=O) groups excluding carboxylic acids is 2. The SMILES string of the molecule is CCOC(=O)C1=C(c2ccccc2)N=c2s/c(=C\c3ccc(OC(C)=O)c(OCC)c3)c(=O)n2[C@H]1c1cccc(OC)c1. The third kappa shape index (κ3) is 6.14. The molecule has 220 valence electrons. The lowest BCUT2D eigenvalue weighted by molar-refractivity contribution is -0.139. The van der Waals surface area contributed by atoms with E-state index in [1.54, 1.807) is 50.4 Å². The number of ether oxygens (including phenoxy) is 4. The van der Waals surface area contributed by atoms with Gasteiger partial charge in [0.2, 0.25) is 0 Å². The van der Waals surface area contributed by atoms with E-state index in [0.29, 0.717) is 44.3 Å². The van der Waals surface area contributed by atoms with Crippen LogP contribution in [0.25, 0.3) is 11.8 Å². The van der Waals surface area contributed by atoms with Crippen molar-refractivity contribution < 1.29 is 28.5 Å². The molecule has 0 amide bonds. The van der Waals surface area contributed by atoms with Gasteiger partial charge in [-0.2, -0.15) is 0 Å². The average molecular weight is 599 g/mol. The van der Waals surface area contributed by atoms with Crippen LogP contribution in [0.1, 0.15) is 43.5 Å². The summed E-state index contributed by atoms with van der Waals surface area (Å²) in [6, 6.07) is 20.9. The van der Waals surface area contributed by atoms with Crippen LogP contribution in [-0.2, 0) is 14.3 Å². The fourth-order valence-electron chi connectivity index (χ4n) is 4.84. The molecule has 0 aliphatic carbocycles. The maximum atomic E-state index is 14.1. The van der Waals surface area contributed by atoms with Crippen molar-refractivity contribution in [2.75, 3.05) is 20.3 Å². The molecule has 0 N–H and O–H groups in total. The Hall–Kier alpha value is -4.96. The normalized spacial score (nSPS) is 14.5. The van der Waals surface area contributed by atoms with Crippen LogP contribution in [0.5, 0.6) is 17.2 Å². The van der Waals surface area contributed by atoms with E-state index in [2.05, 4.69) is 0 Å². The first-order valence-corrected chi connectivity index (χ1v) is 14.5. The molecule has 0 saturated carbocycles. The van der Waals surface area contributed by atoms with E-state index >= 15 is 0 Å². The topological polar surface area (TPSA) is 105 Å².